The lowest BCUT2D eigenvalue weighted by molar-refractivity contribution is 2.39. The van der Waals surface area contributed by atoms with E-state index >= 15 is 0 Å². The van der Waals surface area contributed by atoms with Crippen molar-refractivity contribution < 1.29 is 0 Å². The fourth-order valence-corrected chi connectivity index (χ4v) is 0. The first-order valence-corrected chi connectivity index (χ1v) is 6.00. The minimum absolute atomic E-state index is 0. The number of rotatable bonds is 0. The Bertz CT molecular complexity index is 16.0. The van der Waals surface area contributed by atoms with Gasteiger partial charge in [-0.2, -0.15) is 0 Å². The highest BCUT2D eigenvalue weighted by molar-refractivity contribution is 8.93. The molecule has 0 aliphatic rings. The normalized spacial score (nSPS) is 1.25. The van der Waals surface area contributed by atoms with Crippen LogP contribution in [0.15, 0.2) is 0 Å². The van der Waals surface area contributed by atoms with Crippen molar-refractivity contribution in [2.24, 2.45) is 0 Å². The molecule has 0 atom stereocenters. The molecule has 0 heterocycles. The van der Waals surface area contributed by atoms with Gasteiger partial charge in [0, 0.05) is 0 Å². The topological polar surface area (TPSA) is 0 Å². The van der Waals surface area contributed by atoms with Crippen LogP contribution in [0, 0.1) is 0 Å². The van der Waals surface area contributed by atoms with Crippen molar-refractivity contribution in [1.82, 2.24) is 0 Å². The molecule has 0 amide bonds. The summed E-state index contributed by atoms with van der Waals surface area (Å²) < 4.78 is 0. The molecule has 0 fully saturated rings. The van der Waals surface area contributed by atoms with Gasteiger partial charge < -0.3 is 0 Å². The molecule has 0 aliphatic carbocycles. The van der Waals surface area contributed by atoms with Crippen LogP contribution in [0.5, 0.6) is 0 Å². The van der Waals surface area contributed by atoms with E-state index in [9.17, 15) is 0 Å². The van der Waals surface area contributed by atoms with Crippen molar-refractivity contribution >= 4 is 91.4 Å². The van der Waals surface area contributed by atoms with Gasteiger partial charge in [-0.3, -0.25) is 0 Å². The Hall–Kier alpha value is 2.60. The maximum atomic E-state index is 2.14. The summed E-state index contributed by atoms with van der Waals surface area (Å²) in [6, 6.07) is 0. The van der Waals surface area contributed by atoms with Crippen molar-refractivity contribution in [2.45, 2.75) is 11.6 Å². The summed E-state index contributed by atoms with van der Waals surface area (Å²) in [6.45, 7) is 0. The van der Waals surface area contributed by atoms with Crippen LogP contribution in [-0.2, 0) is 0 Å². The summed E-state index contributed by atoms with van der Waals surface area (Å²) in [6.07, 6.45) is 0. The minimum atomic E-state index is 0. The van der Waals surface area contributed by atoms with E-state index in [0.29, 0.717) is 0 Å². The molecule has 0 bridgehead atoms. The molecular weight excluding hydrogens is 309 g/mol. The van der Waals surface area contributed by atoms with Crippen LogP contribution in [-0.4, -0.2) is 32.6 Å². The maximum Gasteiger partial charge on any atom is 0.207 e. The summed E-state index contributed by atoms with van der Waals surface area (Å²) in [5.41, 5.74) is 0. The number of halogens is 4. The molecule has 0 spiro atoms. The van der Waals surface area contributed by atoms with Gasteiger partial charge >= 0.3 is 0 Å². The van der Waals surface area contributed by atoms with Crippen molar-refractivity contribution in [1.29, 1.82) is 0 Å². The molecule has 0 rings (SSSR count). The molecule has 0 unspecified atom stereocenters. The Kier molecular flexibility index (Phi) is 604. The molecule has 0 aliphatic heterocycles. The molecule has 6 heteroatoms. The average molecular weight is 323 g/mol. The van der Waals surface area contributed by atoms with Crippen molar-refractivity contribution in [3.63, 3.8) is 0 Å². The second-order valence-corrected chi connectivity index (χ2v) is 0. The summed E-state index contributed by atoms with van der Waals surface area (Å²) >= 11 is 2.61. The third-order valence-corrected chi connectivity index (χ3v) is 0. The molecule has 0 N–H and O–H groups in total. The second-order valence-electron chi connectivity index (χ2n) is 0. The molecule has 8 heavy (non-hydrogen) atoms. The third-order valence-electron chi connectivity index (χ3n) is 0. The van der Waals surface area contributed by atoms with Crippen molar-refractivity contribution in [3.8, 4) is 0 Å². The first-order valence-electron chi connectivity index (χ1n) is 2.00. The lowest BCUT2D eigenvalue weighted by Gasteiger charge is -0.965. The van der Waals surface area contributed by atoms with Crippen LogP contribution in [0.1, 0.15) is 0 Å². The SMILES string of the molecule is Br.Br.Cl.Cl.[CH3][AlH2].[CH3][AlH2]. The third kappa shape index (κ3) is 73.3. The van der Waals surface area contributed by atoms with Gasteiger partial charge in [0.2, 0.25) is 32.6 Å². The Morgan fingerprint density at radius 3 is 0.625 bits per heavy atom. The first kappa shape index (κ1) is 46.1. The predicted octanol–water partition coefficient (Wildman–Crippen LogP) is 1.33. The summed E-state index contributed by atoms with van der Waals surface area (Å²) in [5.74, 6) is 4.28. The van der Waals surface area contributed by atoms with Gasteiger partial charge in [0.1, 0.15) is 0 Å². The van der Waals surface area contributed by atoms with E-state index in [1.807, 2.05) is 0 Å². The fourth-order valence-electron chi connectivity index (χ4n) is 0. The quantitative estimate of drug-likeness (QED) is 0.590. The zero-order valence-corrected chi connectivity index (χ0v) is 14.7. The van der Waals surface area contributed by atoms with Gasteiger partial charge in [-0.15, -0.1) is 70.3 Å². The van der Waals surface area contributed by atoms with E-state index in [1.54, 1.807) is 0 Å². The number of hydrogen-bond acceptors (Lipinski definition) is 0. The fraction of sp³-hybridized carbons (Fsp3) is 1.00. The van der Waals surface area contributed by atoms with Crippen LogP contribution < -0.4 is 0 Å². The first-order chi connectivity index (χ1) is 2.00. The second kappa shape index (κ2) is 105. The minimum Gasteiger partial charge on any atom is -0.147 e. The largest absolute Gasteiger partial charge is 0.207 e. The van der Waals surface area contributed by atoms with E-state index < -0.39 is 0 Å². The highest BCUT2D eigenvalue weighted by Crippen LogP contribution is 0.962. The van der Waals surface area contributed by atoms with Gasteiger partial charge in [0.25, 0.3) is 0 Å². The van der Waals surface area contributed by atoms with Crippen LogP contribution in [0.2, 0.25) is 11.6 Å². The van der Waals surface area contributed by atoms with Gasteiger partial charge in [-0.05, 0) is 0 Å². The van der Waals surface area contributed by atoms with E-state index in [4.69, 9.17) is 0 Å². The van der Waals surface area contributed by atoms with Crippen LogP contribution >= 0.6 is 58.8 Å². The standard InChI is InChI=1S/2CH3.2Al.2BrH.2ClH.4H/h2*1H3;;;4*1H;;;;. The molecule has 0 saturated heterocycles. The monoisotopic (exact) mass is 320 g/mol. The van der Waals surface area contributed by atoms with Crippen LogP contribution in [0.25, 0.3) is 0 Å². The van der Waals surface area contributed by atoms with Crippen LogP contribution in [0.3, 0.4) is 0 Å². The molecule has 0 aromatic heterocycles. The maximum absolute atomic E-state index is 2.14. The zero-order valence-electron chi connectivity index (χ0n) is 5.63. The van der Waals surface area contributed by atoms with E-state index in [0.717, 1.165) is 0 Å². The molecule has 56 valence electrons. The number of hydrogen-bond donors (Lipinski definition) is 0. The lowest BCUT2D eigenvalue weighted by atomic mass is 11.9. The van der Waals surface area contributed by atoms with E-state index in [1.165, 1.54) is 32.6 Å². The van der Waals surface area contributed by atoms with E-state index in [2.05, 4.69) is 11.6 Å². The molecular formula is C2H14Al2Br2Cl2. The Morgan fingerprint density at radius 1 is 0.625 bits per heavy atom. The molecule has 0 radical (unpaired) electrons. The summed E-state index contributed by atoms with van der Waals surface area (Å²) in [7, 11) is 0. The Labute approximate surface area is 102 Å². The molecule has 0 saturated carbocycles. The predicted molar refractivity (Wildman–Crippen MR) is 64.0 cm³/mol. The van der Waals surface area contributed by atoms with Crippen molar-refractivity contribution in [2.75, 3.05) is 0 Å². The average Bonchev–Trinajstić information content (AvgIpc) is 1.50. The molecule has 0 aromatic rings. The smallest absolute Gasteiger partial charge is 0.147 e. The van der Waals surface area contributed by atoms with Gasteiger partial charge in [-0.25, -0.2) is 0 Å². The highest BCUT2D eigenvalue weighted by Gasteiger charge is 1.06. The Morgan fingerprint density at radius 2 is 0.625 bits per heavy atom. The summed E-state index contributed by atoms with van der Waals surface area (Å²) in [5, 5.41) is 0. The molecule has 0 aromatic carbocycles. The zero-order chi connectivity index (χ0) is 4.00. The van der Waals surface area contributed by atoms with Crippen molar-refractivity contribution in [3.05, 3.63) is 0 Å². The molecule has 0 nitrogen and oxygen atoms in total. The van der Waals surface area contributed by atoms with Crippen LogP contribution in [0.4, 0.5) is 0 Å². The van der Waals surface area contributed by atoms with Gasteiger partial charge in [0.05, 0.1) is 0 Å². The lowest BCUT2D eigenvalue weighted by Crippen LogP contribution is -1.13. The van der Waals surface area contributed by atoms with Gasteiger partial charge in [-0.1, -0.05) is 0 Å². The van der Waals surface area contributed by atoms with E-state index in [-0.39, 0.29) is 58.8 Å². The highest BCUT2D eigenvalue weighted by atomic mass is 79.9. The Balaban J connectivity index is -0.00000000167. The summed E-state index contributed by atoms with van der Waals surface area (Å²) in [4.78, 5) is 0. The van der Waals surface area contributed by atoms with Gasteiger partial charge in [0.15, 0.2) is 0 Å².